The second-order valence-electron chi connectivity index (χ2n) is 11.4. The zero-order valence-electron chi connectivity index (χ0n) is 23.9. The lowest BCUT2D eigenvalue weighted by Gasteiger charge is -2.09. The van der Waals surface area contributed by atoms with Gasteiger partial charge in [-0.2, -0.15) is 0 Å². The Labute approximate surface area is 254 Å². The lowest BCUT2D eigenvalue weighted by atomic mass is 9.99. The lowest BCUT2D eigenvalue weighted by Crippen LogP contribution is -1.89. The minimum atomic E-state index is 0.963. The largest absolute Gasteiger partial charge is 0.354 e. The minimum absolute atomic E-state index is 0.963. The summed E-state index contributed by atoms with van der Waals surface area (Å²) in [6.45, 7) is 0. The van der Waals surface area contributed by atoms with Gasteiger partial charge in [0.2, 0.25) is 0 Å². The number of H-pyrrole nitrogens is 2. The first kappa shape index (κ1) is 24.6. The van der Waals surface area contributed by atoms with Crippen LogP contribution in [-0.2, 0) is 0 Å². The first-order chi connectivity index (χ1) is 21.8. The first-order valence-electron chi connectivity index (χ1n) is 15.0. The van der Waals surface area contributed by atoms with Gasteiger partial charge in [-0.05, 0) is 35.4 Å². The Balaban J connectivity index is 1.03. The molecule has 0 fully saturated rings. The molecule has 206 valence electrons. The SMILES string of the molecule is c1cc(-c2ccc(-c3cccc4c3[nH]c3ccccc34)cc2)nc(-c2ccc(-c3cccc4c3[nH]c3ccccc34)cc2)c1. The molecule has 6 aromatic carbocycles. The van der Waals surface area contributed by atoms with Crippen LogP contribution in [0.3, 0.4) is 0 Å². The van der Waals surface area contributed by atoms with Crippen LogP contribution in [0.1, 0.15) is 0 Å². The number of pyridine rings is 1. The normalized spacial score (nSPS) is 11.6. The molecule has 0 saturated carbocycles. The van der Waals surface area contributed by atoms with E-state index in [-0.39, 0.29) is 0 Å². The molecule has 0 saturated heterocycles. The molecule has 3 heteroatoms. The van der Waals surface area contributed by atoms with E-state index in [9.17, 15) is 0 Å². The first-order valence-corrected chi connectivity index (χ1v) is 15.0. The third kappa shape index (κ3) is 3.94. The van der Waals surface area contributed by atoms with E-state index < -0.39 is 0 Å². The van der Waals surface area contributed by atoms with Gasteiger partial charge in [-0.1, -0.05) is 127 Å². The molecule has 3 heterocycles. The third-order valence-corrected chi connectivity index (χ3v) is 8.82. The Bertz CT molecular complexity index is 2310. The van der Waals surface area contributed by atoms with E-state index in [0.29, 0.717) is 0 Å². The second-order valence-corrected chi connectivity index (χ2v) is 11.4. The van der Waals surface area contributed by atoms with Crippen molar-refractivity contribution in [3.05, 3.63) is 152 Å². The highest BCUT2D eigenvalue weighted by atomic mass is 14.7. The number of fused-ring (bicyclic) bond motifs is 6. The van der Waals surface area contributed by atoms with Crippen LogP contribution in [0.5, 0.6) is 0 Å². The van der Waals surface area contributed by atoms with Crippen molar-refractivity contribution >= 4 is 43.6 Å². The van der Waals surface area contributed by atoms with E-state index in [1.165, 1.54) is 54.8 Å². The van der Waals surface area contributed by atoms with Gasteiger partial charge in [0.05, 0.1) is 22.4 Å². The quantitative estimate of drug-likeness (QED) is 0.221. The van der Waals surface area contributed by atoms with Crippen LogP contribution < -0.4 is 0 Å². The van der Waals surface area contributed by atoms with Gasteiger partial charge in [-0.3, -0.25) is 0 Å². The number of hydrogen-bond donors (Lipinski definition) is 2. The maximum Gasteiger partial charge on any atom is 0.0709 e. The molecule has 9 aromatic rings. The number of benzene rings is 6. The molecule has 0 bridgehead atoms. The molecule has 0 aliphatic heterocycles. The molecule has 0 spiro atoms. The second kappa shape index (κ2) is 9.82. The highest BCUT2D eigenvalue weighted by molar-refractivity contribution is 6.12. The zero-order chi connectivity index (χ0) is 29.0. The number of rotatable bonds is 4. The van der Waals surface area contributed by atoms with Gasteiger partial charge in [-0.25, -0.2) is 4.98 Å². The highest BCUT2D eigenvalue weighted by Crippen LogP contribution is 2.36. The molecule has 44 heavy (non-hydrogen) atoms. The van der Waals surface area contributed by atoms with Gasteiger partial charge in [0.1, 0.15) is 0 Å². The summed E-state index contributed by atoms with van der Waals surface area (Å²) in [6, 6.07) is 53.8. The number of para-hydroxylation sites is 4. The van der Waals surface area contributed by atoms with Crippen LogP contribution in [0.2, 0.25) is 0 Å². The predicted octanol–water partition coefficient (Wildman–Crippen LogP) is 11.0. The van der Waals surface area contributed by atoms with Gasteiger partial charge in [0.25, 0.3) is 0 Å². The minimum Gasteiger partial charge on any atom is -0.354 e. The van der Waals surface area contributed by atoms with Crippen LogP contribution in [-0.4, -0.2) is 15.0 Å². The maximum atomic E-state index is 5.06. The summed E-state index contributed by atoms with van der Waals surface area (Å²) in [5.74, 6) is 0. The Morgan fingerprint density at radius 1 is 0.318 bits per heavy atom. The van der Waals surface area contributed by atoms with Gasteiger partial charge >= 0.3 is 0 Å². The summed E-state index contributed by atoms with van der Waals surface area (Å²) in [7, 11) is 0. The van der Waals surface area contributed by atoms with Gasteiger partial charge < -0.3 is 9.97 Å². The summed E-state index contributed by atoms with van der Waals surface area (Å²) < 4.78 is 0. The smallest absolute Gasteiger partial charge is 0.0709 e. The molecule has 0 atom stereocenters. The standard InChI is InChI=1S/C41H27N3/c1-3-14-38-32(8-1)34-12-5-10-30(40(34)43-38)26-18-22-28(23-19-26)36-16-7-17-37(42-36)29-24-20-27(21-25-29)31-11-6-13-35-33-9-2-4-15-39(33)44-41(31)35/h1-25,43-44H. The molecule has 0 radical (unpaired) electrons. The summed E-state index contributed by atoms with van der Waals surface area (Å²) in [5.41, 5.74) is 13.6. The van der Waals surface area contributed by atoms with Crippen LogP contribution in [0.4, 0.5) is 0 Å². The van der Waals surface area contributed by atoms with Gasteiger partial charge in [0.15, 0.2) is 0 Å². The molecule has 3 nitrogen and oxygen atoms in total. The van der Waals surface area contributed by atoms with E-state index in [1.54, 1.807) is 0 Å². The Hall–Kier alpha value is -5.93. The average molecular weight is 562 g/mol. The molecule has 9 rings (SSSR count). The molecule has 0 unspecified atom stereocenters. The van der Waals surface area contributed by atoms with Crippen molar-refractivity contribution in [1.82, 2.24) is 15.0 Å². The van der Waals surface area contributed by atoms with E-state index >= 15 is 0 Å². The predicted molar refractivity (Wildman–Crippen MR) is 185 cm³/mol. The van der Waals surface area contributed by atoms with Crippen molar-refractivity contribution in [2.24, 2.45) is 0 Å². The van der Waals surface area contributed by atoms with Crippen LogP contribution in [0.25, 0.3) is 88.4 Å². The zero-order valence-corrected chi connectivity index (χ0v) is 23.9. The molecule has 0 aliphatic carbocycles. The number of hydrogen-bond acceptors (Lipinski definition) is 1. The Kier molecular flexibility index (Phi) is 5.50. The summed E-state index contributed by atoms with van der Waals surface area (Å²) in [6.07, 6.45) is 0. The number of nitrogens with one attached hydrogen (secondary N) is 2. The molecule has 3 aromatic heterocycles. The summed E-state index contributed by atoms with van der Waals surface area (Å²) >= 11 is 0. The van der Waals surface area contributed by atoms with Crippen LogP contribution in [0.15, 0.2) is 152 Å². The Morgan fingerprint density at radius 2 is 0.705 bits per heavy atom. The average Bonchev–Trinajstić information content (AvgIpc) is 3.67. The molecular weight excluding hydrogens is 534 g/mol. The fraction of sp³-hybridized carbons (Fsp3) is 0. The molecular formula is C41H27N3. The van der Waals surface area contributed by atoms with Crippen LogP contribution in [0, 0.1) is 0 Å². The summed E-state index contributed by atoms with van der Waals surface area (Å²) in [5, 5.41) is 5.01. The van der Waals surface area contributed by atoms with Crippen molar-refractivity contribution in [3.63, 3.8) is 0 Å². The fourth-order valence-corrected chi connectivity index (χ4v) is 6.62. The van der Waals surface area contributed by atoms with E-state index in [2.05, 4.69) is 162 Å². The van der Waals surface area contributed by atoms with Gasteiger partial charge in [-0.15, -0.1) is 0 Å². The van der Waals surface area contributed by atoms with E-state index in [4.69, 9.17) is 4.98 Å². The van der Waals surface area contributed by atoms with Crippen molar-refractivity contribution in [1.29, 1.82) is 0 Å². The number of aromatic nitrogens is 3. The van der Waals surface area contributed by atoms with Crippen molar-refractivity contribution in [3.8, 4) is 44.8 Å². The monoisotopic (exact) mass is 561 g/mol. The summed E-state index contributed by atoms with van der Waals surface area (Å²) in [4.78, 5) is 12.3. The molecule has 0 amide bonds. The van der Waals surface area contributed by atoms with Gasteiger partial charge in [0, 0.05) is 54.8 Å². The maximum absolute atomic E-state index is 5.06. The molecule has 0 aliphatic rings. The van der Waals surface area contributed by atoms with Crippen molar-refractivity contribution in [2.45, 2.75) is 0 Å². The Morgan fingerprint density at radius 3 is 1.18 bits per heavy atom. The topological polar surface area (TPSA) is 44.5 Å². The number of nitrogens with zero attached hydrogens (tertiary/aromatic N) is 1. The van der Waals surface area contributed by atoms with E-state index in [0.717, 1.165) is 33.5 Å². The van der Waals surface area contributed by atoms with E-state index in [1.807, 2.05) is 0 Å². The fourth-order valence-electron chi connectivity index (χ4n) is 6.62. The third-order valence-electron chi connectivity index (χ3n) is 8.82. The van der Waals surface area contributed by atoms with Crippen LogP contribution >= 0.6 is 0 Å². The number of aromatic amines is 2. The molecule has 2 N–H and O–H groups in total. The van der Waals surface area contributed by atoms with Crippen molar-refractivity contribution in [2.75, 3.05) is 0 Å². The lowest BCUT2D eigenvalue weighted by molar-refractivity contribution is 1.32. The highest BCUT2D eigenvalue weighted by Gasteiger charge is 2.12. The van der Waals surface area contributed by atoms with Crippen molar-refractivity contribution < 1.29 is 0 Å².